The molecule has 7 aliphatic carbocycles. The van der Waals surface area contributed by atoms with Gasteiger partial charge in [0.1, 0.15) is 17.6 Å². The second kappa shape index (κ2) is 21.8. The molecule has 436 valence electrons. The van der Waals surface area contributed by atoms with E-state index in [4.69, 9.17) is 10.5 Å². The Morgan fingerprint density at radius 2 is 1.70 bits per heavy atom. The van der Waals surface area contributed by atoms with Crippen molar-refractivity contribution in [3.05, 3.63) is 70.3 Å². The van der Waals surface area contributed by atoms with E-state index in [1.54, 1.807) is 6.07 Å². The summed E-state index contributed by atoms with van der Waals surface area (Å²) in [5.74, 6) is 0.926. The average Bonchev–Trinajstić information content (AvgIpc) is 3.98. The number of fused-ring (bicyclic) bond motifs is 2. The van der Waals surface area contributed by atoms with E-state index in [0.29, 0.717) is 57.5 Å². The molecular weight excluding hydrogens is 987 g/mol. The Kier molecular flexibility index (Phi) is 15.9. The molecule has 1 spiro atoms. The highest BCUT2D eigenvalue weighted by Gasteiger charge is 2.76. The third kappa shape index (κ3) is 9.65. The van der Waals surface area contributed by atoms with Gasteiger partial charge in [0.05, 0.1) is 17.3 Å². The van der Waals surface area contributed by atoms with Crippen LogP contribution in [-0.4, -0.2) is 93.4 Å². The summed E-state index contributed by atoms with van der Waals surface area (Å²) in [6, 6.07) is 13.9. The number of benzene rings is 2. The molecule has 11 heteroatoms. The Morgan fingerprint density at radius 1 is 0.899 bits per heavy atom. The molecule has 2 aromatic rings. The molecule has 2 aromatic carbocycles. The first kappa shape index (κ1) is 57.6. The third-order valence-electron chi connectivity index (χ3n) is 24.8. The quantitative estimate of drug-likeness (QED) is 0.0509. The van der Waals surface area contributed by atoms with Crippen LogP contribution in [-0.2, 0) is 20.9 Å². The normalized spacial score (nSPS) is 44.4. The van der Waals surface area contributed by atoms with E-state index in [-0.39, 0.29) is 95.9 Å². The number of Topliss-reactive ketones (excluding diaryl/α,β-unsaturated/α-hetero) is 2. The number of unbranched alkanes of at least 4 members (excludes halogenated alkanes) is 2. The van der Waals surface area contributed by atoms with Crippen LogP contribution >= 0.6 is 0 Å². The van der Waals surface area contributed by atoms with Gasteiger partial charge in [0, 0.05) is 61.2 Å². The number of rotatable bonds is 14. The molecule has 7 fully saturated rings. The minimum atomic E-state index is -0.954. The lowest BCUT2D eigenvalue weighted by Crippen LogP contribution is -2.73. The van der Waals surface area contributed by atoms with Crippen molar-refractivity contribution in [3.63, 3.8) is 0 Å². The molecule has 2 saturated heterocycles. The highest BCUT2D eigenvalue weighted by molar-refractivity contribution is 6.01. The predicted molar refractivity (Wildman–Crippen MR) is 311 cm³/mol. The number of phenolic OH excluding ortho intramolecular Hbond substituents is 1. The SMILES string of the molecule is CCCCCC1CC2CCC(CO)CC2C(CC(O)C2OC2(C)C2CCCC2c2cccc(N)c2)C2=C3CCC4C5(C)CC(c6cc(O)cc(CNC)c6)C(=O)C6(C)CCCCC(C)(O)CNC(CC4(C1CO)C3(C)CC2=O)C65. The number of allylic oxidation sites excluding steroid dienone is 2. The van der Waals surface area contributed by atoms with Crippen molar-refractivity contribution in [3.8, 4) is 5.75 Å². The summed E-state index contributed by atoms with van der Waals surface area (Å²) >= 11 is 0. The van der Waals surface area contributed by atoms with E-state index in [0.717, 1.165) is 119 Å². The van der Waals surface area contributed by atoms with E-state index in [1.807, 2.05) is 32.2 Å². The molecule has 5 saturated carbocycles. The van der Waals surface area contributed by atoms with Gasteiger partial charge < -0.3 is 46.6 Å². The Morgan fingerprint density at radius 3 is 2.44 bits per heavy atom. The summed E-state index contributed by atoms with van der Waals surface area (Å²) in [5.41, 5.74) is 8.54. The predicted octanol–water partition coefficient (Wildman–Crippen LogP) is 11.1. The molecule has 0 amide bonds. The molecule has 2 heterocycles. The van der Waals surface area contributed by atoms with Crippen LogP contribution in [0.5, 0.6) is 5.75 Å². The molecule has 20 atom stereocenters. The second-order valence-corrected chi connectivity index (χ2v) is 29.3. The van der Waals surface area contributed by atoms with Crippen LogP contribution in [0.1, 0.15) is 205 Å². The molecule has 0 aromatic heterocycles. The Balaban J connectivity index is 1.07. The topological polar surface area (TPSA) is 198 Å². The van der Waals surface area contributed by atoms with Gasteiger partial charge in [0.15, 0.2) is 5.78 Å². The molecule has 9 N–H and O–H groups in total. The first-order chi connectivity index (χ1) is 37.7. The lowest BCUT2D eigenvalue weighted by Gasteiger charge is -2.74. The van der Waals surface area contributed by atoms with Crippen molar-refractivity contribution in [2.45, 2.75) is 224 Å². The Labute approximate surface area is 473 Å². The number of ketones is 2. The zero-order valence-corrected chi connectivity index (χ0v) is 49.3. The monoisotopic (exact) mass is 1090 g/mol. The number of carbonyl (C=O) groups is 2. The molecule has 9 aliphatic rings. The fourth-order valence-corrected chi connectivity index (χ4v) is 21.7. The van der Waals surface area contributed by atoms with Crippen LogP contribution in [0.25, 0.3) is 0 Å². The molecule has 0 radical (unpaired) electrons. The minimum Gasteiger partial charge on any atom is -0.508 e. The zero-order chi connectivity index (χ0) is 56.0. The van der Waals surface area contributed by atoms with E-state index < -0.39 is 44.9 Å². The van der Waals surface area contributed by atoms with Crippen LogP contribution in [0.3, 0.4) is 0 Å². The number of phenols is 1. The largest absolute Gasteiger partial charge is 0.508 e. The number of nitrogens with two attached hydrogens (primary N) is 1. The van der Waals surface area contributed by atoms with Crippen LogP contribution in [0.4, 0.5) is 5.69 Å². The van der Waals surface area contributed by atoms with Crippen LogP contribution in [0.2, 0.25) is 0 Å². The van der Waals surface area contributed by atoms with Gasteiger partial charge in [-0.2, -0.15) is 0 Å². The number of hydrogen-bond donors (Lipinski definition) is 8. The van der Waals surface area contributed by atoms with Crippen molar-refractivity contribution in [2.24, 2.45) is 74.9 Å². The first-order valence-electron chi connectivity index (χ1n) is 31.9. The van der Waals surface area contributed by atoms with Crippen LogP contribution < -0.4 is 16.4 Å². The number of carbonyl (C=O) groups excluding carboxylic acids is 2. The number of aliphatic hydroxyl groups excluding tert-OH is 3. The zero-order valence-electron chi connectivity index (χ0n) is 49.3. The summed E-state index contributed by atoms with van der Waals surface area (Å²) in [5, 5.41) is 67.7. The number of aromatic hydroxyl groups is 1. The highest BCUT2D eigenvalue weighted by atomic mass is 16.6. The van der Waals surface area contributed by atoms with Gasteiger partial charge in [-0.05, 0) is 221 Å². The van der Waals surface area contributed by atoms with Gasteiger partial charge in [-0.1, -0.05) is 96.4 Å². The van der Waals surface area contributed by atoms with Crippen molar-refractivity contribution in [1.29, 1.82) is 0 Å². The van der Waals surface area contributed by atoms with Gasteiger partial charge in [0.2, 0.25) is 0 Å². The van der Waals surface area contributed by atoms with Gasteiger partial charge in [-0.15, -0.1) is 0 Å². The van der Waals surface area contributed by atoms with Crippen molar-refractivity contribution in [1.82, 2.24) is 10.6 Å². The number of epoxide rings is 1. The van der Waals surface area contributed by atoms with Crippen LogP contribution in [0.15, 0.2) is 53.6 Å². The average molecular weight is 1090 g/mol. The van der Waals surface area contributed by atoms with Crippen LogP contribution in [0, 0.1) is 74.9 Å². The maximum atomic E-state index is 16.1. The maximum Gasteiger partial charge on any atom is 0.160 e. The molecule has 2 aliphatic heterocycles. The highest BCUT2D eigenvalue weighted by Crippen LogP contribution is 2.79. The molecule has 11 rings (SSSR count). The molecular formula is C68H101N3O8. The summed E-state index contributed by atoms with van der Waals surface area (Å²) in [7, 11) is 1.91. The van der Waals surface area contributed by atoms with Crippen molar-refractivity contribution < 1.29 is 39.9 Å². The molecule has 4 bridgehead atoms. The standard InChI is InChI=1S/C68H101N3O8/c1-8-9-10-15-44-29-43-21-20-40(37-72)28-49(43)50(32-56(75)62-67(6,79-62)52-19-14-18-48(52)42-16-13-17-46(69)30-42)59-53-22-23-58-65(4)33-51(45-26-41(36-70-7)27-47(74)31-45)61(77)64(3)25-12-11-24-63(2,78)39-71-55(60(64)65)34-68(58,54(44)38-73)66(53,5)35-57(59)76/h13,16-17,26-27,30-31,40,43-44,48-52,54-56,58,60,62,70-75,78H,8-12,14-15,18-25,28-29,32-39,69H2,1-7H3. The fraction of sp³-hybridized carbons (Fsp3) is 0.765. The van der Waals surface area contributed by atoms with E-state index in [9.17, 15) is 25.5 Å². The third-order valence-corrected chi connectivity index (χ3v) is 24.8. The van der Waals surface area contributed by atoms with E-state index in [1.165, 1.54) is 11.1 Å². The molecule has 20 unspecified atom stereocenters. The summed E-state index contributed by atoms with van der Waals surface area (Å²) < 4.78 is 6.85. The smallest absolute Gasteiger partial charge is 0.160 e. The number of aliphatic hydroxyl groups is 4. The lowest BCUT2D eigenvalue weighted by atomic mass is 9.31. The molecule has 79 heavy (non-hydrogen) atoms. The van der Waals surface area contributed by atoms with E-state index >= 15 is 9.59 Å². The Hall–Kier alpha value is -3.16. The van der Waals surface area contributed by atoms with Gasteiger partial charge in [-0.3, -0.25) is 9.59 Å². The molecule has 11 nitrogen and oxygen atoms in total. The lowest BCUT2D eigenvalue weighted by molar-refractivity contribution is -0.233. The number of nitrogen functional groups attached to an aromatic ring is 1. The van der Waals surface area contributed by atoms with E-state index in [2.05, 4.69) is 63.5 Å². The summed E-state index contributed by atoms with van der Waals surface area (Å²) in [6.07, 6.45) is 16.5. The number of ether oxygens (including phenoxy) is 1. The van der Waals surface area contributed by atoms with Gasteiger partial charge in [-0.25, -0.2) is 0 Å². The van der Waals surface area contributed by atoms with Gasteiger partial charge >= 0.3 is 0 Å². The number of anilines is 1. The first-order valence-corrected chi connectivity index (χ1v) is 31.9. The minimum absolute atomic E-state index is 0.0125. The van der Waals surface area contributed by atoms with Crippen molar-refractivity contribution in [2.75, 3.05) is 32.5 Å². The van der Waals surface area contributed by atoms with Crippen molar-refractivity contribution >= 4 is 17.3 Å². The Bertz CT molecular complexity index is 2620. The summed E-state index contributed by atoms with van der Waals surface area (Å²) in [6.45, 7) is 14.7. The number of hydrogen-bond acceptors (Lipinski definition) is 11. The summed E-state index contributed by atoms with van der Waals surface area (Å²) in [4.78, 5) is 32.1. The number of β-amino-alcohol motifs (C(OH)–C–C–N with tert-alkyl or cyclic N) is 1. The second-order valence-electron chi connectivity index (χ2n) is 29.3. The van der Waals surface area contributed by atoms with Gasteiger partial charge in [0.25, 0.3) is 0 Å². The fourth-order valence-electron chi connectivity index (χ4n) is 21.7. The maximum absolute atomic E-state index is 16.1. The number of nitrogens with one attached hydrogen (secondary N) is 2.